The van der Waals surface area contributed by atoms with Gasteiger partial charge in [0.05, 0.1) is 0 Å². The first-order valence-electron chi connectivity index (χ1n) is 6.51. The van der Waals surface area contributed by atoms with Crippen molar-refractivity contribution in [2.75, 3.05) is 29.9 Å². The first-order chi connectivity index (χ1) is 8.16. The van der Waals surface area contributed by atoms with Gasteiger partial charge in [0.15, 0.2) is 0 Å². The van der Waals surface area contributed by atoms with E-state index in [2.05, 4.69) is 60.6 Å². The highest BCUT2D eigenvalue weighted by Gasteiger charge is 2.17. The van der Waals surface area contributed by atoms with Gasteiger partial charge in [-0.1, -0.05) is 0 Å². The maximum atomic E-state index is 3.42. The summed E-state index contributed by atoms with van der Waals surface area (Å²) in [5.74, 6) is 0. The molecule has 1 heterocycles. The van der Waals surface area contributed by atoms with Crippen molar-refractivity contribution in [3.63, 3.8) is 0 Å². The highest BCUT2D eigenvalue weighted by Crippen LogP contribution is 2.21. The van der Waals surface area contributed by atoms with Crippen molar-refractivity contribution >= 4 is 11.4 Å². The van der Waals surface area contributed by atoms with E-state index >= 15 is 0 Å². The molecule has 1 atom stereocenters. The van der Waals surface area contributed by atoms with E-state index < -0.39 is 0 Å². The Morgan fingerprint density at radius 1 is 1.29 bits per heavy atom. The molecule has 0 saturated carbocycles. The fourth-order valence-electron chi connectivity index (χ4n) is 2.31. The molecule has 1 unspecified atom stereocenters. The summed E-state index contributed by atoms with van der Waals surface area (Å²) >= 11 is 0. The molecule has 1 saturated heterocycles. The highest BCUT2D eigenvalue weighted by molar-refractivity contribution is 5.56. The van der Waals surface area contributed by atoms with Gasteiger partial charge in [0.2, 0.25) is 0 Å². The summed E-state index contributed by atoms with van der Waals surface area (Å²) in [6, 6.07) is 9.83. The minimum absolute atomic E-state index is 0.485. The molecule has 1 aliphatic heterocycles. The van der Waals surface area contributed by atoms with E-state index in [1.165, 1.54) is 11.4 Å². The van der Waals surface area contributed by atoms with Crippen LogP contribution in [0.2, 0.25) is 0 Å². The van der Waals surface area contributed by atoms with Crippen LogP contribution < -0.4 is 15.5 Å². The molecule has 0 aromatic heterocycles. The second kappa shape index (κ2) is 5.41. The maximum Gasteiger partial charge on any atom is 0.0386 e. The van der Waals surface area contributed by atoms with E-state index in [1.54, 1.807) is 0 Å². The topological polar surface area (TPSA) is 27.3 Å². The van der Waals surface area contributed by atoms with Crippen molar-refractivity contribution in [3.8, 4) is 0 Å². The lowest BCUT2D eigenvalue weighted by molar-refractivity contribution is 0.501. The number of hydrogen-bond acceptors (Lipinski definition) is 3. The highest BCUT2D eigenvalue weighted by atomic mass is 15.2. The second-order valence-corrected chi connectivity index (χ2v) is 5.09. The first-order valence-corrected chi connectivity index (χ1v) is 6.51. The summed E-state index contributed by atoms with van der Waals surface area (Å²) in [6.45, 7) is 9.84. The van der Waals surface area contributed by atoms with Gasteiger partial charge in [-0.25, -0.2) is 0 Å². The number of anilines is 2. The van der Waals surface area contributed by atoms with Crippen molar-refractivity contribution < 1.29 is 0 Å². The van der Waals surface area contributed by atoms with E-state index in [9.17, 15) is 0 Å². The zero-order chi connectivity index (χ0) is 12.3. The number of rotatable bonds is 3. The molecule has 0 aliphatic carbocycles. The number of nitrogens with one attached hydrogen (secondary N) is 2. The van der Waals surface area contributed by atoms with Crippen LogP contribution in [0, 0.1) is 0 Å². The third-order valence-electron chi connectivity index (χ3n) is 3.16. The van der Waals surface area contributed by atoms with Crippen LogP contribution >= 0.6 is 0 Å². The van der Waals surface area contributed by atoms with Gasteiger partial charge in [-0.05, 0) is 45.0 Å². The first kappa shape index (κ1) is 12.2. The molecule has 2 N–H and O–H groups in total. The lowest BCUT2D eigenvalue weighted by Crippen LogP contribution is -2.49. The molecular weight excluding hydrogens is 210 g/mol. The predicted molar refractivity (Wildman–Crippen MR) is 74.9 cm³/mol. The summed E-state index contributed by atoms with van der Waals surface area (Å²) in [6.07, 6.45) is 0. The molecule has 94 valence electrons. The van der Waals surface area contributed by atoms with Crippen molar-refractivity contribution in [3.05, 3.63) is 24.3 Å². The number of benzene rings is 1. The molecule has 1 aromatic carbocycles. The van der Waals surface area contributed by atoms with Crippen molar-refractivity contribution in [2.45, 2.75) is 32.9 Å². The molecule has 0 radical (unpaired) electrons. The quantitative estimate of drug-likeness (QED) is 0.839. The largest absolute Gasteiger partial charge is 0.383 e. The molecule has 0 spiro atoms. The van der Waals surface area contributed by atoms with Crippen molar-refractivity contribution in [1.29, 1.82) is 0 Å². The van der Waals surface area contributed by atoms with Crippen LogP contribution in [-0.4, -0.2) is 31.7 Å². The third kappa shape index (κ3) is 3.13. The maximum absolute atomic E-state index is 3.42. The van der Waals surface area contributed by atoms with Crippen molar-refractivity contribution in [2.24, 2.45) is 0 Å². The summed E-state index contributed by atoms with van der Waals surface area (Å²) in [7, 11) is 0. The Labute approximate surface area is 104 Å². The monoisotopic (exact) mass is 233 g/mol. The number of piperazine rings is 1. The van der Waals surface area contributed by atoms with Gasteiger partial charge < -0.3 is 15.5 Å². The Bertz CT molecular complexity index is 345. The van der Waals surface area contributed by atoms with Crippen LogP contribution in [-0.2, 0) is 0 Å². The Hall–Kier alpha value is -1.22. The van der Waals surface area contributed by atoms with Crippen molar-refractivity contribution in [1.82, 2.24) is 5.32 Å². The minimum Gasteiger partial charge on any atom is -0.383 e. The lowest BCUT2D eigenvalue weighted by atomic mass is 10.1. The smallest absolute Gasteiger partial charge is 0.0386 e. The van der Waals surface area contributed by atoms with Crippen LogP contribution in [0.3, 0.4) is 0 Å². The molecule has 3 nitrogen and oxygen atoms in total. The fraction of sp³-hybridized carbons (Fsp3) is 0.571. The van der Waals surface area contributed by atoms with Gasteiger partial charge >= 0.3 is 0 Å². The average Bonchev–Trinajstić information content (AvgIpc) is 2.30. The molecule has 2 rings (SSSR count). The minimum atomic E-state index is 0.485. The standard InChI is InChI=1S/C14H23N3/c1-11(2)16-13-4-6-14(7-5-13)17-9-8-15-10-12(17)3/h4-7,11-12,15-16H,8-10H2,1-3H3. The zero-order valence-electron chi connectivity index (χ0n) is 11.0. The van der Waals surface area contributed by atoms with Crippen LogP contribution in [0.25, 0.3) is 0 Å². The molecule has 1 aromatic rings. The Kier molecular flexibility index (Phi) is 3.89. The van der Waals surface area contributed by atoms with E-state index in [0.717, 1.165) is 19.6 Å². The summed E-state index contributed by atoms with van der Waals surface area (Å²) in [4.78, 5) is 2.47. The molecule has 1 aliphatic rings. The van der Waals surface area contributed by atoms with E-state index in [0.29, 0.717) is 12.1 Å². The van der Waals surface area contributed by atoms with Gasteiger partial charge in [0.1, 0.15) is 0 Å². The van der Waals surface area contributed by atoms with E-state index in [1.807, 2.05) is 0 Å². The molecule has 17 heavy (non-hydrogen) atoms. The van der Waals surface area contributed by atoms with E-state index in [4.69, 9.17) is 0 Å². The SMILES string of the molecule is CC(C)Nc1ccc(N2CCNCC2C)cc1. The normalized spacial score (nSPS) is 20.7. The van der Waals surface area contributed by atoms with Gasteiger partial charge in [-0.3, -0.25) is 0 Å². The molecule has 0 amide bonds. The lowest BCUT2D eigenvalue weighted by Gasteiger charge is -2.36. The predicted octanol–water partition coefficient (Wildman–Crippen LogP) is 2.30. The summed E-state index contributed by atoms with van der Waals surface area (Å²) in [5, 5.41) is 6.83. The molecule has 1 fully saturated rings. The van der Waals surface area contributed by atoms with Crippen LogP contribution in [0.5, 0.6) is 0 Å². The number of hydrogen-bond donors (Lipinski definition) is 2. The van der Waals surface area contributed by atoms with E-state index in [-0.39, 0.29) is 0 Å². The molecule has 3 heteroatoms. The van der Waals surface area contributed by atoms with Gasteiger partial charge in [0, 0.05) is 43.1 Å². The van der Waals surface area contributed by atoms with Crippen LogP contribution in [0.15, 0.2) is 24.3 Å². The second-order valence-electron chi connectivity index (χ2n) is 5.09. The van der Waals surface area contributed by atoms with Crippen LogP contribution in [0.1, 0.15) is 20.8 Å². The molecule has 0 bridgehead atoms. The fourth-order valence-corrected chi connectivity index (χ4v) is 2.31. The zero-order valence-corrected chi connectivity index (χ0v) is 11.0. The summed E-state index contributed by atoms with van der Waals surface area (Å²) in [5.41, 5.74) is 2.53. The Morgan fingerprint density at radius 2 is 2.00 bits per heavy atom. The van der Waals surface area contributed by atoms with Gasteiger partial charge in [0.25, 0.3) is 0 Å². The van der Waals surface area contributed by atoms with Gasteiger partial charge in [-0.15, -0.1) is 0 Å². The average molecular weight is 233 g/mol. The summed E-state index contributed by atoms with van der Waals surface area (Å²) < 4.78 is 0. The van der Waals surface area contributed by atoms with Crippen LogP contribution in [0.4, 0.5) is 11.4 Å². The third-order valence-corrected chi connectivity index (χ3v) is 3.16. The Morgan fingerprint density at radius 3 is 2.59 bits per heavy atom. The number of nitrogens with zero attached hydrogens (tertiary/aromatic N) is 1. The Balaban J connectivity index is 2.06. The molecular formula is C14H23N3. The van der Waals surface area contributed by atoms with Gasteiger partial charge in [-0.2, -0.15) is 0 Å².